The van der Waals surface area contributed by atoms with Crippen LogP contribution in [-0.2, 0) is 6.54 Å². The number of nitrogens with zero attached hydrogens (tertiary/aromatic N) is 2. The minimum Gasteiger partial charge on any atom is -0.486 e. The molecule has 1 aliphatic rings. The number of hydrogen-bond acceptors (Lipinski definition) is 6. The summed E-state index contributed by atoms with van der Waals surface area (Å²) in [5, 5.41) is 7.19. The molecule has 0 saturated carbocycles. The first kappa shape index (κ1) is 16.5. The first-order chi connectivity index (χ1) is 12.8. The fraction of sp³-hybridized carbons (Fsp3) is 0.158. The number of ether oxygens (including phenoxy) is 2. The van der Waals surface area contributed by atoms with Crippen molar-refractivity contribution >= 4 is 29.1 Å². The summed E-state index contributed by atoms with van der Waals surface area (Å²) in [5.41, 5.74) is 1.96. The molecule has 0 spiro atoms. The first-order valence-corrected chi connectivity index (χ1v) is 8.62. The van der Waals surface area contributed by atoms with Crippen LogP contribution in [0.15, 0.2) is 54.7 Å². The lowest BCUT2D eigenvalue weighted by Crippen LogP contribution is -2.15. The maximum Gasteiger partial charge on any atom is 0.229 e. The summed E-state index contributed by atoms with van der Waals surface area (Å²) in [6.07, 6.45) is 1.71. The van der Waals surface area contributed by atoms with E-state index in [9.17, 15) is 0 Å². The zero-order valence-electron chi connectivity index (χ0n) is 13.9. The molecule has 6 nitrogen and oxygen atoms in total. The van der Waals surface area contributed by atoms with Gasteiger partial charge in [-0.25, -0.2) is 4.98 Å². The molecule has 1 aromatic heterocycles. The van der Waals surface area contributed by atoms with Crippen molar-refractivity contribution in [3.05, 3.63) is 65.3 Å². The van der Waals surface area contributed by atoms with E-state index in [-0.39, 0.29) is 0 Å². The molecule has 0 saturated heterocycles. The molecule has 2 N–H and O–H groups in total. The largest absolute Gasteiger partial charge is 0.486 e. The van der Waals surface area contributed by atoms with E-state index in [0.717, 1.165) is 33.6 Å². The van der Waals surface area contributed by atoms with Gasteiger partial charge in [0.05, 0.1) is 0 Å². The lowest BCUT2D eigenvalue weighted by Gasteiger charge is -2.19. The molecule has 0 amide bonds. The average Bonchev–Trinajstić information content (AvgIpc) is 2.68. The van der Waals surface area contributed by atoms with Crippen molar-refractivity contribution in [1.29, 1.82) is 0 Å². The van der Waals surface area contributed by atoms with E-state index in [0.29, 0.717) is 25.7 Å². The molecule has 0 fully saturated rings. The van der Waals surface area contributed by atoms with Gasteiger partial charge in [0.25, 0.3) is 0 Å². The molecule has 3 aromatic rings. The molecule has 4 rings (SSSR count). The van der Waals surface area contributed by atoms with E-state index >= 15 is 0 Å². The van der Waals surface area contributed by atoms with Crippen LogP contribution in [0.3, 0.4) is 0 Å². The predicted molar refractivity (Wildman–Crippen MR) is 102 cm³/mol. The van der Waals surface area contributed by atoms with Gasteiger partial charge in [0.15, 0.2) is 11.5 Å². The van der Waals surface area contributed by atoms with Gasteiger partial charge in [0.2, 0.25) is 5.95 Å². The van der Waals surface area contributed by atoms with Crippen molar-refractivity contribution in [3.63, 3.8) is 0 Å². The second-order valence-corrected chi connectivity index (χ2v) is 6.17. The van der Waals surface area contributed by atoms with Gasteiger partial charge in [-0.3, -0.25) is 0 Å². The van der Waals surface area contributed by atoms with Gasteiger partial charge in [-0.05, 0) is 35.9 Å². The number of anilines is 3. The third-order valence-electron chi connectivity index (χ3n) is 3.84. The van der Waals surface area contributed by atoms with Crippen LogP contribution < -0.4 is 20.1 Å². The highest BCUT2D eigenvalue weighted by Gasteiger charge is 2.12. The minimum atomic E-state index is 0.503. The number of halogens is 1. The van der Waals surface area contributed by atoms with Crippen LogP contribution in [-0.4, -0.2) is 23.2 Å². The Morgan fingerprint density at radius 1 is 0.962 bits per heavy atom. The third-order valence-corrected chi connectivity index (χ3v) is 4.09. The highest BCUT2D eigenvalue weighted by molar-refractivity contribution is 6.30. The van der Waals surface area contributed by atoms with Crippen LogP contribution in [0.5, 0.6) is 11.5 Å². The second kappa shape index (κ2) is 7.49. The average molecular weight is 369 g/mol. The lowest BCUT2D eigenvalue weighted by atomic mass is 10.2. The number of rotatable bonds is 5. The van der Waals surface area contributed by atoms with Gasteiger partial charge in [0, 0.05) is 29.5 Å². The van der Waals surface area contributed by atoms with Crippen molar-refractivity contribution in [2.45, 2.75) is 6.54 Å². The Morgan fingerprint density at radius 3 is 2.62 bits per heavy atom. The molecule has 26 heavy (non-hydrogen) atoms. The number of aromatic nitrogens is 2. The SMILES string of the molecule is Clc1ccc(CNc2ccnc(Nc3ccc4c(c3)OCCO4)n2)cc1. The number of nitrogens with one attached hydrogen (secondary N) is 2. The normalized spacial score (nSPS) is 12.5. The topological polar surface area (TPSA) is 68.3 Å². The van der Waals surface area contributed by atoms with Gasteiger partial charge < -0.3 is 20.1 Å². The van der Waals surface area contributed by atoms with Crippen LogP contribution in [0.1, 0.15) is 5.56 Å². The number of benzene rings is 2. The van der Waals surface area contributed by atoms with Gasteiger partial charge in [0.1, 0.15) is 19.0 Å². The Labute approximate surface area is 156 Å². The number of hydrogen-bond donors (Lipinski definition) is 2. The Hall–Kier alpha value is -2.99. The van der Waals surface area contributed by atoms with Crippen molar-refractivity contribution in [3.8, 4) is 11.5 Å². The monoisotopic (exact) mass is 368 g/mol. The fourth-order valence-corrected chi connectivity index (χ4v) is 2.69. The molecule has 2 aromatic carbocycles. The molecule has 0 aliphatic carbocycles. The summed E-state index contributed by atoms with van der Waals surface area (Å²) in [6.45, 7) is 1.78. The van der Waals surface area contributed by atoms with E-state index in [1.165, 1.54) is 0 Å². The molecule has 1 aliphatic heterocycles. The zero-order chi connectivity index (χ0) is 17.8. The van der Waals surface area contributed by atoms with E-state index in [1.54, 1.807) is 6.20 Å². The van der Waals surface area contributed by atoms with Gasteiger partial charge in [-0.15, -0.1) is 0 Å². The van der Waals surface area contributed by atoms with E-state index in [1.807, 2.05) is 48.5 Å². The van der Waals surface area contributed by atoms with E-state index < -0.39 is 0 Å². The smallest absolute Gasteiger partial charge is 0.229 e. The summed E-state index contributed by atoms with van der Waals surface area (Å²) in [7, 11) is 0. The number of fused-ring (bicyclic) bond motifs is 1. The van der Waals surface area contributed by atoms with Gasteiger partial charge in [-0.1, -0.05) is 23.7 Å². The van der Waals surface area contributed by atoms with Crippen molar-refractivity contribution < 1.29 is 9.47 Å². The summed E-state index contributed by atoms with van der Waals surface area (Å²) in [4.78, 5) is 8.74. The highest BCUT2D eigenvalue weighted by Crippen LogP contribution is 2.33. The summed E-state index contributed by atoms with van der Waals surface area (Å²) >= 11 is 5.90. The molecular formula is C19H17ClN4O2. The third kappa shape index (κ3) is 3.97. The molecule has 7 heteroatoms. The lowest BCUT2D eigenvalue weighted by molar-refractivity contribution is 0.171. The van der Waals surface area contributed by atoms with Crippen LogP contribution in [0.4, 0.5) is 17.5 Å². The minimum absolute atomic E-state index is 0.503. The second-order valence-electron chi connectivity index (χ2n) is 5.73. The Morgan fingerprint density at radius 2 is 1.77 bits per heavy atom. The maximum atomic E-state index is 5.90. The molecule has 0 unspecified atom stereocenters. The van der Waals surface area contributed by atoms with Crippen molar-refractivity contribution in [2.24, 2.45) is 0 Å². The van der Waals surface area contributed by atoms with E-state index in [2.05, 4.69) is 20.6 Å². The summed E-state index contributed by atoms with van der Waals surface area (Å²) in [5.74, 6) is 2.71. The Bertz CT molecular complexity index is 902. The van der Waals surface area contributed by atoms with Crippen molar-refractivity contribution in [1.82, 2.24) is 9.97 Å². The highest BCUT2D eigenvalue weighted by atomic mass is 35.5. The van der Waals surface area contributed by atoms with Crippen LogP contribution >= 0.6 is 11.6 Å². The fourth-order valence-electron chi connectivity index (χ4n) is 2.56. The van der Waals surface area contributed by atoms with Crippen LogP contribution in [0.2, 0.25) is 5.02 Å². The van der Waals surface area contributed by atoms with Gasteiger partial charge in [-0.2, -0.15) is 4.98 Å². The van der Waals surface area contributed by atoms with Crippen LogP contribution in [0, 0.1) is 0 Å². The predicted octanol–water partition coefficient (Wildman–Crippen LogP) is 4.26. The molecule has 0 bridgehead atoms. The molecule has 2 heterocycles. The summed E-state index contributed by atoms with van der Waals surface area (Å²) < 4.78 is 11.1. The summed E-state index contributed by atoms with van der Waals surface area (Å²) in [6, 6.07) is 15.2. The van der Waals surface area contributed by atoms with Crippen LogP contribution in [0.25, 0.3) is 0 Å². The van der Waals surface area contributed by atoms with Crippen molar-refractivity contribution in [2.75, 3.05) is 23.8 Å². The van der Waals surface area contributed by atoms with E-state index in [4.69, 9.17) is 21.1 Å². The Balaban J connectivity index is 1.43. The Kier molecular flexibility index (Phi) is 4.75. The first-order valence-electron chi connectivity index (χ1n) is 8.24. The zero-order valence-corrected chi connectivity index (χ0v) is 14.7. The molecule has 0 radical (unpaired) electrons. The molecule has 132 valence electrons. The molecule has 0 atom stereocenters. The molecular weight excluding hydrogens is 352 g/mol. The quantitative estimate of drug-likeness (QED) is 0.701. The van der Waals surface area contributed by atoms with Gasteiger partial charge >= 0.3 is 0 Å². The maximum absolute atomic E-state index is 5.90. The standard InChI is InChI=1S/C19H17ClN4O2/c20-14-3-1-13(2-4-14)12-22-18-7-8-21-19(24-18)23-15-5-6-16-17(11-15)26-10-9-25-16/h1-8,11H,9-10,12H2,(H2,21,22,23,24).